The molecule has 0 aliphatic rings. The van der Waals surface area contributed by atoms with E-state index < -0.39 is 5.69 Å². The molecule has 9 heteroatoms. The highest BCUT2D eigenvalue weighted by molar-refractivity contribution is 6.30. The molecule has 0 spiro atoms. The topological polar surface area (TPSA) is 79.6 Å². The van der Waals surface area contributed by atoms with Crippen LogP contribution >= 0.6 is 11.6 Å². The van der Waals surface area contributed by atoms with E-state index in [4.69, 9.17) is 11.6 Å². The van der Waals surface area contributed by atoms with Gasteiger partial charge in [-0.15, -0.1) is 0 Å². The van der Waals surface area contributed by atoms with Gasteiger partial charge in [0.1, 0.15) is 0 Å². The fraction of sp³-hybridized carbons (Fsp3) is 0.333. The minimum absolute atomic E-state index is 0.158. The highest BCUT2D eigenvalue weighted by Crippen LogP contribution is 2.18. The van der Waals surface area contributed by atoms with Gasteiger partial charge >= 0.3 is 5.69 Å². The number of fused-ring (bicyclic) bond motifs is 1. The Morgan fingerprint density at radius 1 is 1.07 bits per heavy atom. The number of hydrogen-bond acceptors (Lipinski definition) is 4. The molecule has 0 radical (unpaired) electrons. The van der Waals surface area contributed by atoms with Gasteiger partial charge in [0.2, 0.25) is 5.95 Å². The first kappa shape index (κ1) is 20.2. The van der Waals surface area contributed by atoms with Crippen molar-refractivity contribution in [1.82, 2.24) is 28.5 Å². The number of aryl methyl sites for hydroxylation is 4. The summed E-state index contributed by atoms with van der Waals surface area (Å²) in [5.41, 5.74) is 2.56. The summed E-state index contributed by atoms with van der Waals surface area (Å²) in [6.07, 6.45) is 0.803. The molecule has 156 valence electrons. The average Bonchev–Trinajstić information content (AvgIpc) is 3.24. The largest absolute Gasteiger partial charge is 0.332 e. The predicted octanol–water partition coefficient (Wildman–Crippen LogP) is 2.81. The van der Waals surface area contributed by atoms with Crippen molar-refractivity contribution in [2.45, 2.75) is 40.3 Å². The second kappa shape index (κ2) is 7.60. The summed E-state index contributed by atoms with van der Waals surface area (Å²) in [6, 6.07) is 9.06. The van der Waals surface area contributed by atoms with Gasteiger partial charge in [-0.25, -0.2) is 9.48 Å². The van der Waals surface area contributed by atoms with E-state index in [9.17, 15) is 9.59 Å². The number of nitrogens with zero attached hydrogens (tertiary/aromatic N) is 6. The van der Waals surface area contributed by atoms with Gasteiger partial charge in [-0.3, -0.25) is 13.9 Å². The number of benzene rings is 1. The lowest BCUT2D eigenvalue weighted by atomic mass is 10.2. The summed E-state index contributed by atoms with van der Waals surface area (Å²) in [6.45, 7) is 6.62. The second-order valence-corrected chi connectivity index (χ2v) is 7.87. The van der Waals surface area contributed by atoms with E-state index in [2.05, 4.69) is 10.1 Å². The molecule has 0 aliphatic carbocycles. The highest BCUT2D eigenvalue weighted by atomic mass is 35.5. The number of aromatic nitrogens is 6. The Hall–Kier alpha value is -3.13. The van der Waals surface area contributed by atoms with Gasteiger partial charge in [0, 0.05) is 24.3 Å². The maximum absolute atomic E-state index is 13.4. The number of imidazole rings is 1. The van der Waals surface area contributed by atoms with Crippen molar-refractivity contribution in [3.8, 4) is 5.95 Å². The van der Waals surface area contributed by atoms with Gasteiger partial charge in [-0.2, -0.15) is 10.1 Å². The minimum Gasteiger partial charge on any atom is -0.302 e. The molecule has 0 saturated heterocycles. The molecule has 3 aromatic heterocycles. The van der Waals surface area contributed by atoms with Crippen molar-refractivity contribution in [3.63, 3.8) is 0 Å². The summed E-state index contributed by atoms with van der Waals surface area (Å²) in [5, 5.41) is 5.13. The molecular formula is C21H23ClN6O2. The molecule has 0 atom stereocenters. The van der Waals surface area contributed by atoms with Gasteiger partial charge < -0.3 is 4.57 Å². The standard InChI is InChI=1S/C21H23ClN6O2/c1-5-10-26-17-18(23-20(26)28-14(3)11-13(2)24-28)25(4)21(30)27(19(17)29)12-15-6-8-16(22)9-7-15/h6-9,11H,5,10,12H2,1-4H3. The molecule has 0 unspecified atom stereocenters. The Kier molecular flexibility index (Phi) is 5.11. The zero-order chi connectivity index (χ0) is 21.6. The van der Waals surface area contributed by atoms with Gasteiger partial charge in [0.25, 0.3) is 5.56 Å². The molecule has 3 heterocycles. The van der Waals surface area contributed by atoms with Crippen LogP contribution in [0.15, 0.2) is 39.9 Å². The Labute approximate surface area is 178 Å². The molecular weight excluding hydrogens is 404 g/mol. The van der Waals surface area contributed by atoms with Crippen LogP contribution in [0.1, 0.15) is 30.3 Å². The molecule has 8 nitrogen and oxygen atoms in total. The van der Waals surface area contributed by atoms with E-state index in [0.717, 1.165) is 23.4 Å². The van der Waals surface area contributed by atoms with Crippen LogP contribution in [0.2, 0.25) is 5.02 Å². The Bertz CT molecular complexity index is 1360. The Balaban J connectivity index is 1.99. The van der Waals surface area contributed by atoms with Crippen LogP contribution in [0.4, 0.5) is 0 Å². The molecule has 0 fully saturated rings. The SMILES string of the molecule is CCCn1c(-n2nc(C)cc2C)nc2c1c(=O)n(Cc1ccc(Cl)cc1)c(=O)n2C. The van der Waals surface area contributed by atoms with E-state index in [1.807, 2.05) is 43.5 Å². The summed E-state index contributed by atoms with van der Waals surface area (Å²) in [5.74, 6) is 0.536. The van der Waals surface area contributed by atoms with E-state index >= 15 is 0 Å². The summed E-state index contributed by atoms with van der Waals surface area (Å²) in [7, 11) is 1.64. The Morgan fingerprint density at radius 2 is 1.77 bits per heavy atom. The summed E-state index contributed by atoms with van der Waals surface area (Å²) in [4.78, 5) is 31.1. The van der Waals surface area contributed by atoms with Crippen molar-refractivity contribution in [2.24, 2.45) is 7.05 Å². The van der Waals surface area contributed by atoms with Gasteiger partial charge in [-0.05, 0) is 44.0 Å². The van der Waals surface area contributed by atoms with Crippen LogP contribution in [-0.2, 0) is 20.1 Å². The molecule has 30 heavy (non-hydrogen) atoms. The second-order valence-electron chi connectivity index (χ2n) is 7.43. The minimum atomic E-state index is -0.413. The van der Waals surface area contributed by atoms with Crippen LogP contribution in [0.3, 0.4) is 0 Å². The van der Waals surface area contributed by atoms with E-state index in [1.54, 1.807) is 23.9 Å². The fourth-order valence-corrected chi connectivity index (χ4v) is 3.83. The van der Waals surface area contributed by atoms with Crippen LogP contribution in [0, 0.1) is 13.8 Å². The zero-order valence-corrected chi connectivity index (χ0v) is 18.1. The van der Waals surface area contributed by atoms with Crippen molar-refractivity contribution < 1.29 is 0 Å². The average molecular weight is 427 g/mol. The predicted molar refractivity (Wildman–Crippen MR) is 117 cm³/mol. The maximum Gasteiger partial charge on any atom is 0.332 e. The number of halogens is 1. The molecule has 0 saturated carbocycles. The fourth-order valence-electron chi connectivity index (χ4n) is 3.70. The lowest BCUT2D eigenvalue weighted by molar-refractivity contribution is 0.630. The van der Waals surface area contributed by atoms with Crippen molar-refractivity contribution >= 4 is 22.8 Å². The van der Waals surface area contributed by atoms with E-state index in [-0.39, 0.29) is 12.1 Å². The summed E-state index contributed by atoms with van der Waals surface area (Å²) >= 11 is 5.96. The van der Waals surface area contributed by atoms with Crippen LogP contribution in [0.25, 0.3) is 17.1 Å². The summed E-state index contributed by atoms with van der Waals surface area (Å²) < 4.78 is 6.24. The van der Waals surface area contributed by atoms with Crippen molar-refractivity contribution in [3.05, 3.63) is 73.1 Å². The Morgan fingerprint density at radius 3 is 2.37 bits per heavy atom. The lowest BCUT2D eigenvalue weighted by Crippen LogP contribution is -2.40. The van der Waals surface area contributed by atoms with Gasteiger partial charge in [0.05, 0.1) is 12.2 Å². The smallest absolute Gasteiger partial charge is 0.302 e. The maximum atomic E-state index is 13.4. The first-order valence-electron chi connectivity index (χ1n) is 9.80. The number of hydrogen-bond donors (Lipinski definition) is 0. The van der Waals surface area contributed by atoms with Gasteiger partial charge in [-0.1, -0.05) is 30.7 Å². The third-order valence-electron chi connectivity index (χ3n) is 5.11. The van der Waals surface area contributed by atoms with Gasteiger partial charge in [0.15, 0.2) is 11.2 Å². The first-order valence-corrected chi connectivity index (χ1v) is 10.2. The van der Waals surface area contributed by atoms with Crippen molar-refractivity contribution in [1.29, 1.82) is 0 Å². The van der Waals surface area contributed by atoms with Crippen LogP contribution in [0.5, 0.6) is 0 Å². The monoisotopic (exact) mass is 426 g/mol. The number of rotatable bonds is 5. The first-order chi connectivity index (χ1) is 14.3. The molecule has 0 N–H and O–H groups in total. The molecule has 0 amide bonds. The quantitative estimate of drug-likeness (QED) is 0.491. The third kappa shape index (κ3) is 3.27. The van der Waals surface area contributed by atoms with E-state index in [0.29, 0.717) is 28.7 Å². The van der Waals surface area contributed by atoms with E-state index in [1.165, 1.54) is 9.13 Å². The highest BCUT2D eigenvalue weighted by Gasteiger charge is 2.22. The molecule has 0 bridgehead atoms. The molecule has 4 aromatic rings. The molecule has 0 aliphatic heterocycles. The van der Waals surface area contributed by atoms with Crippen molar-refractivity contribution in [2.75, 3.05) is 0 Å². The molecule has 1 aromatic carbocycles. The third-order valence-corrected chi connectivity index (χ3v) is 5.36. The zero-order valence-electron chi connectivity index (χ0n) is 17.4. The molecule has 4 rings (SSSR count). The lowest BCUT2D eigenvalue weighted by Gasteiger charge is -2.11. The van der Waals surface area contributed by atoms with Crippen LogP contribution in [-0.4, -0.2) is 28.5 Å². The van der Waals surface area contributed by atoms with Crippen LogP contribution < -0.4 is 11.2 Å². The normalized spacial score (nSPS) is 11.5.